The molecular formula is C38H40O4P2. The fourth-order valence-electron chi connectivity index (χ4n) is 4.64. The molecular weight excluding hydrogens is 582 g/mol. The summed E-state index contributed by atoms with van der Waals surface area (Å²) in [4.78, 5) is 0. The third-order valence-corrected chi connectivity index (χ3v) is 9.79. The van der Waals surface area contributed by atoms with Crippen LogP contribution in [-0.4, -0.2) is 0 Å². The second-order valence-corrected chi connectivity index (χ2v) is 15.3. The van der Waals surface area contributed by atoms with Crippen LogP contribution in [0.4, 0.5) is 0 Å². The summed E-state index contributed by atoms with van der Waals surface area (Å²) in [5, 5.41) is 1.92. The maximum Gasteiger partial charge on any atom is 0.326 e. The van der Waals surface area contributed by atoms with E-state index in [2.05, 4.69) is 53.7 Å². The molecule has 0 saturated carbocycles. The first kappa shape index (κ1) is 31.6. The van der Waals surface area contributed by atoms with Crippen LogP contribution in [0.2, 0.25) is 0 Å². The number of hydrogen-bond donors (Lipinski definition) is 0. The maximum atomic E-state index is 6.74. The fourth-order valence-corrected chi connectivity index (χ4v) is 7.30. The third kappa shape index (κ3) is 8.00. The van der Waals surface area contributed by atoms with Gasteiger partial charge in [-0.1, -0.05) is 126 Å². The van der Waals surface area contributed by atoms with Crippen LogP contribution in [-0.2, 0) is 10.8 Å². The van der Waals surface area contributed by atoms with Crippen LogP contribution in [0.3, 0.4) is 0 Å². The molecule has 44 heavy (non-hydrogen) atoms. The lowest BCUT2D eigenvalue weighted by molar-refractivity contribution is 0.450. The molecule has 0 radical (unpaired) electrons. The normalized spacial score (nSPS) is 13.0. The first-order valence-electron chi connectivity index (χ1n) is 14.8. The Kier molecular flexibility index (Phi) is 9.94. The van der Waals surface area contributed by atoms with Crippen molar-refractivity contribution in [3.63, 3.8) is 0 Å². The number of benzene rings is 5. The van der Waals surface area contributed by atoms with E-state index < -0.39 is 16.8 Å². The molecule has 0 heterocycles. The first-order valence-corrected chi connectivity index (χ1v) is 17.2. The molecule has 5 aromatic carbocycles. The van der Waals surface area contributed by atoms with E-state index in [-0.39, 0.29) is 10.8 Å². The van der Waals surface area contributed by atoms with Crippen LogP contribution in [0.1, 0.15) is 52.7 Å². The van der Waals surface area contributed by atoms with Crippen LogP contribution < -0.4 is 28.7 Å². The van der Waals surface area contributed by atoms with Crippen molar-refractivity contribution in [1.82, 2.24) is 0 Å². The van der Waals surface area contributed by atoms with Crippen molar-refractivity contribution in [2.24, 2.45) is 0 Å². The topological polar surface area (TPSA) is 36.9 Å². The summed E-state index contributed by atoms with van der Waals surface area (Å²) in [6.45, 7) is 13.1. The van der Waals surface area contributed by atoms with Gasteiger partial charge in [-0.25, -0.2) is 0 Å². The SMILES string of the molecule is CC(C)(C)c1ccccc1OP(Oc1ccccc1OP(Oc1ccccc1C(C)(C)C)c1ccccc1)c1ccccc1. The highest BCUT2D eigenvalue weighted by molar-refractivity contribution is 7.57. The molecule has 0 amide bonds. The van der Waals surface area contributed by atoms with Gasteiger partial charge in [0.2, 0.25) is 0 Å². The molecule has 5 rings (SSSR count). The van der Waals surface area contributed by atoms with Crippen LogP contribution in [0.25, 0.3) is 0 Å². The molecule has 4 nitrogen and oxygen atoms in total. The molecule has 2 atom stereocenters. The van der Waals surface area contributed by atoms with E-state index in [0.717, 1.165) is 33.2 Å². The Bertz CT molecular complexity index is 1520. The summed E-state index contributed by atoms with van der Waals surface area (Å²) >= 11 is 0. The van der Waals surface area contributed by atoms with Gasteiger partial charge in [0, 0.05) is 0 Å². The van der Waals surface area contributed by atoms with Crippen molar-refractivity contribution in [2.75, 3.05) is 0 Å². The Labute approximate surface area is 264 Å². The monoisotopic (exact) mass is 622 g/mol. The molecule has 0 aromatic heterocycles. The van der Waals surface area contributed by atoms with Crippen LogP contribution in [0.15, 0.2) is 133 Å². The molecule has 226 valence electrons. The van der Waals surface area contributed by atoms with Gasteiger partial charge >= 0.3 is 16.8 Å². The number of para-hydroxylation sites is 4. The van der Waals surface area contributed by atoms with Crippen molar-refractivity contribution in [1.29, 1.82) is 0 Å². The lowest BCUT2D eigenvalue weighted by Gasteiger charge is -2.27. The van der Waals surface area contributed by atoms with Crippen molar-refractivity contribution in [2.45, 2.75) is 52.4 Å². The lowest BCUT2D eigenvalue weighted by Crippen LogP contribution is -2.16. The molecule has 0 N–H and O–H groups in total. The van der Waals surface area contributed by atoms with Crippen LogP contribution in [0, 0.1) is 0 Å². The Hall–Kier alpha value is -3.84. The summed E-state index contributed by atoms with van der Waals surface area (Å²) < 4.78 is 26.9. The molecule has 0 aliphatic carbocycles. The van der Waals surface area contributed by atoms with Gasteiger partial charge in [0.1, 0.15) is 11.5 Å². The predicted molar refractivity (Wildman–Crippen MR) is 185 cm³/mol. The zero-order valence-electron chi connectivity index (χ0n) is 26.2. The van der Waals surface area contributed by atoms with Crippen molar-refractivity contribution >= 4 is 27.4 Å². The van der Waals surface area contributed by atoms with E-state index in [1.165, 1.54) is 0 Å². The zero-order valence-corrected chi connectivity index (χ0v) is 28.0. The highest BCUT2D eigenvalue weighted by atomic mass is 31.2. The van der Waals surface area contributed by atoms with Crippen molar-refractivity contribution < 1.29 is 18.1 Å². The van der Waals surface area contributed by atoms with Gasteiger partial charge < -0.3 is 18.1 Å². The van der Waals surface area contributed by atoms with Crippen molar-refractivity contribution in [3.05, 3.63) is 145 Å². The number of hydrogen-bond acceptors (Lipinski definition) is 4. The van der Waals surface area contributed by atoms with E-state index in [4.69, 9.17) is 18.1 Å². The molecule has 0 spiro atoms. The smallest absolute Gasteiger partial charge is 0.326 e. The van der Waals surface area contributed by atoms with E-state index in [0.29, 0.717) is 11.5 Å². The maximum absolute atomic E-state index is 6.74. The second-order valence-electron chi connectivity index (χ2n) is 12.5. The Morgan fingerprint density at radius 1 is 0.341 bits per heavy atom. The summed E-state index contributed by atoms with van der Waals surface area (Å²) in [6.07, 6.45) is 0. The summed E-state index contributed by atoms with van der Waals surface area (Å²) in [5.41, 5.74) is 2.05. The van der Waals surface area contributed by atoms with Gasteiger partial charge in [-0.3, -0.25) is 0 Å². The molecule has 0 aliphatic rings. The second kappa shape index (κ2) is 13.9. The van der Waals surface area contributed by atoms with E-state index >= 15 is 0 Å². The predicted octanol–water partition coefficient (Wildman–Crippen LogP) is 10.5. The minimum absolute atomic E-state index is 0.0957. The molecule has 5 aromatic rings. The molecule has 0 bridgehead atoms. The quantitative estimate of drug-likeness (QED) is 0.145. The average Bonchev–Trinajstić information content (AvgIpc) is 3.01. The van der Waals surface area contributed by atoms with Crippen molar-refractivity contribution in [3.8, 4) is 23.0 Å². The molecule has 0 saturated heterocycles. The van der Waals surface area contributed by atoms with Gasteiger partial charge in [-0.05, 0) is 70.5 Å². The minimum atomic E-state index is -1.55. The van der Waals surface area contributed by atoms with E-state index in [1.54, 1.807) is 0 Å². The summed E-state index contributed by atoms with van der Waals surface area (Å²) in [5.74, 6) is 2.79. The fraction of sp³-hybridized carbons (Fsp3) is 0.211. The lowest BCUT2D eigenvalue weighted by atomic mass is 9.86. The Morgan fingerprint density at radius 2 is 0.614 bits per heavy atom. The van der Waals surface area contributed by atoms with Gasteiger partial charge in [0.15, 0.2) is 11.5 Å². The van der Waals surface area contributed by atoms with E-state index in [9.17, 15) is 0 Å². The van der Waals surface area contributed by atoms with Gasteiger partial charge in [-0.2, -0.15) is 0 Å². The van der Waals surface area contributed by atoms with Crippen LogP contribution >= 0.6 is 16.8 Å². The Balaban J connectivity index is 1.50. The summed E-state index contributed by atoms with van der Waals surface area (Å²) in [7, 11) is -3.10. The zero-order chi connectivity index (χ0) is 31.2. The van der Waals surface area contributed by atoms with Gasteiger partial charge in [-0.15, -0.1) is 0 Å². The highest BCUT2D eigenvalue weighted by Crippen LogP contribution is 2.49. The third-order valence-electron chi connectivity index (χ3n) is 6.90. The average molecular weight is 623 g/mol. The molecule has 2 unspecified atom stereocenters. The molecule has 0 aliphatic heterocycles. The van der Waals surface area contributed by atoms with Crippen LogP contribution in [0.5, 0.6) is 23.0 Å². The molecule has 0 fully saturated rings. The largest absolute Gasteiger partial charge is 0.435 e. The first-order chi connectivity index (χ1) is 21.1. The minimum Gasteiger partial charge on any atom is -0.435 e. The number of rotatable bonds is 10. The summed E-state index contributed by atoms with van der Waals surface area (Å²) in [6, 6.07) is 44.3. The Morgan fingerprint density at radius 3 is 0.955 bits per heavy atom. The van der Waals surface area contributed by atoms with E-state index in [1.807, 2.05) is 121 Å². The standard InChI is InChI=1S/C38H40O4P2/c1-37(2,3)31-23-13-15-25-33(31)39-43(29-19-9-7-10-20-29)41-35-27-17-18-28-36(35)42-44(30-21-11-8-12-22-30)40-34-26-16-14-24-32(34)38(4,5)6/h7-28H,1-6H3. The highest BCUT2D eigenvalue weighted by Gasteiger charge is 2.28. The van der Waals surface area contributed by atoms with Gasteiger partial charge in [0.05, 0.1) is 10.6 Å². The van der Waals surface area contributed by atoms with Gasteiger partial charge in [0.25, 0.3) is 0 Å². The molecule has 6 heteroatoms.